The number of benzene rings is 1. The van der Waals surface area contributed by atoms with E-state index >= 15 is 0 Å². The first kappa shape index (κ1) is 16.3. The minimum atomic E-state index is 0.146. The number of carbonyl (C=O) groups is 1. The van der Waals surface area contributed by atoms with Gasteiger partial charge in [-0.05, 0) is 49.5 Å². The van der Waals surface area contributed by atoms with Gasteiger partial charge in [0, 0.05) is 25.2 Å². The lowest BCUT2D eigenvalue weighted by Gasteiger charge is -2.32. The van der Waals surface area contributed by atoms with Gasteiger partial charge in [0.25, 0.3) is 0 Å². The fraction of sp³-hybridized carbons (Fsp3) is 0.562. The van der Waals surface area contributed by atoms with Crippen molar-refractivity contribution in [3.05, 3.63) is 34.9 Å². The van der Waals surface area contributed by atoms with Crippen molar-refractivity contribution in [2.24, 2.45) is 11.7 Å². The first-order chi connectivity index (χ1) is 10.1. The summed E-state index contributed by atoms with van der Waals surface area (Å²) < 4.78 is 0. The molecule has 2 rings (SSSR count). The summed E-state index contributed by atoms with van der Waals surface area (Å²) in [7, 11) is 1.84. The first-order valence-corrected chi connectivity index (χ1v) is 7.87. The molecule has 1 heterocycles. The molecule has 0 spiro atoms. The molecule has 1 atom stereocenters. The Bertz CT molecular complexity index is 480. The minimum Gasteiger partial charge on any atom is -0.340 e. The molecule has 0 aliphatic carbocycles. The van der Waals surface area contributed by atoms with Crippen LogP contribution in [0.3, 0.4) is 0 Å². The van der Waals surface area contributed by atoms with E-state index in [1.165, 1.54) is 6.42 Å². The van der Waals surface area contributed by atoms with Gasteiger partial charge < -0.3 is 10.6 Å². The maximum absolute atomic E-state index is 12.3. The van der Waals surface area contributed by atoms with E-state index in [4.69, 9.17) is 17.3 Å². The van der Waals surface area contributed by atoms with Crippen molar-refractivity contribution in [1.82, 2.24) is 9.80 Å². The van der Waals surface area contributed by atoms with E-state index in [1.807, 2.05) is 31.3 Å². The van der Waals surface area contributed by atoms with E-state index in [9.17, 15) is 4.79 Å². The molecule has 1 aromatic rings. The quantitative estimate of drug-likeness (QED) is 0.904. The standard InChI is InChI=1S/C16H24ClN3O/c1-19(10-13-4-2-6-15(17)8-13)16(21)12-20-7-3-5-14(9-18)11-20/h2,4,6,8,14H,3,5,7,9-12,18H2,1H3. The number of rotatable bonds is 5. The predicted molar refractivity (Wildman–Crippen MR) is 86.1 cm³/mol. The maximum Gasteiger partial charge on any atom is 0.236 e. The Balaban J connectivity index is 1.85. The molecule has 0 bridgehead atoms. The van der Waals surface area contributed by atoms with E-state index in [0.29, 0.717) is 30.6 Å². The van der Waals surface area contributed by atoms with Crippen LogP contribution in [-0.4, -0.2) is 48.9 Å². The van der Waals surface area contributed by atoms with Crippen LogP contribution in [0.15, 0.2) is 24.3 Å². The number of likely N-dealkylation sites (N-methyl/N-ethyl adjacent to an activating group) is 1. The molecule has 0 saturated carbocycles. The summed E-state index contributed by atoms with van der Waals surface area (Å²) in [6.45, 7) is 3.71. The predicted octanol–water partition coefficient (Wildman–Crippen LogP) is 1.97. The third kappa shape index (κ3) is 4.99. The molecule has 4 nitrogen and oxygen atoms in total. The van der Waals surface area contributed by atoms with Gasteiger partial charge in [0.05, 0.1) is 6.54 Å². The normalized spacial score (nSPS) is 19.5. The van der Waals surface area contributed by atoms with Gasteiger partial charge in [-0.3, -0.25) is 9.69 Å². The highest BCUT2D eigenvalue weighted by Crippen LogP contribution is 2.16. The number of hydrogen-bond acceptors (Lipinski definition) is 3. The number of likely N-dealkylation sites (tertiary alicyclic amines) is 1. The molecule has 1 aliphatic rings. The summed E-state index contributed by atoms with van der Waals surface area (Å²) in [5, 5.41) is 0.704. The zero-order valence-electron chi connectivity index (χ0n) is 12.6. The van der Waals surface area contributed by atoms with Crippen LogP contribution >= 0.6 is 11.6 Å². The molecule has 1 aliphatic heterocycles. The van der Waals surface area contributed by atoms with Crippen LogP contribution in [-0.2, 0) is 11.3 Å². The molecule has 21 heavy (non-hydrogen) atoms. The lowest BCUT2D eigenvalue weighted by molar-refractivity contribution is -0.132. The topological polar surface area (TPSA) is 49.6 Å². The second-order valence-corrected chi connectivity index (χ2v) is 6.30. The largest absolute Gasteiger partial charge is 0.340 e. The van der Waals surface area contributed by atoms with Gasteiger partial charge in [0.2, 0.25) is 5.91 Å². The molecule has 2 N–H and O–H groups in total. The Hall–Kier alpha value is -1.10. The van der Waals surface area contributed by atoms with Gasteiger partial charge in [-0.2, -0.15) is 0 Å². The van der Waals surface area contributed by atoms with Crippen molar-refractivity contribution in [3.8, 4) is 0 Å². The van der Waals surface area contributed by atoms with Gasteiger partial charge in [0.15, 0.2) is 0 Å². The Morgan fingerprint density at radius 2 is 2.33 bits per heavy atom. The van der Waals surface area contributed by atoms with Crippen molar-refractivity contribution < 1.29 is 4.79 Å². The SMILES string of the molecule is CN(Cc1cccc(Cl)c1)C(=O)CN1CCCC(CN)C1. The summed E-state index contributed by atoms with van der Waals surface area (Å²) in [4.78, 5) is 16.3. The fourth-order valence-electron chi connectivity index (χ4n) is 2.80. The van der Waals surface area contributed by atoms with Crippen LogP contribution in [0.4, 0.5) is 0 Å². The third-order valence-corrected chi connectivity index (χ3v) is 4.26. The summed E-state index contributed by atoms with van der Waals surface area (Å²) in [6, 6.07) is 7.64. The van der Waals surface area contributed by atoms with Crippen LogP contribution in [0.5, 0.6) is 0 Å². The number of carbonyl (C=O) groups excluding carboxylic acids is 1. The Kier molecular flexibility index (Phi) is 6.03. The average Bonchev–Trinajstić information content (AvgIpc) is 2.47. The third-order valence-electron chi connectivity index (χ3n) is 4.03. The van der Waals surface area contributed by atoms with Gasteiger partial charge in [-0.25, -0.2) is 0 Å². The van der Waals surface area contributed by atoms with Gasteiger partial charge in [-0.15, -0.1) is 0 Å². The van der Waals surface area contributed by atoms with E-state index in [1.54, 1.807) is 4.90 Å². The highest BCUT2D eigenvalue weighted by molar-refractivity contribution is 6.30. The van der Waals surface area contributed by atoms with E-state index in [2.05, 4.69) is 4.90 Å². The smallest absolute Gasteiger partial charge is 0.236 e. The Labute approximate surface area is 131 Å². The van der Waals surface area contributed by atoms with Crippen molar-refractivity contribution in [2.45, 2.75) is 19.4 Å². The number of nitrogens with two attached hydrogens (primary N) is 1. The first-order valence-electron chi connectivity index (χ1n) is 7.49. The Morgan fingerprint density at radius 3 is 3.05 bits per heavy atom. The molecule has 1 saturated heterocycles. The summed E-state index contributed by atoms with van der Waals surface area (Å²) in [5.74, 6) is 0.678. The number of nitrogens with zero attached hydrogens (tertiary/aromatic N) is 2. The maximum atomic E-state index is 12.3. The number of amides is 1. The molecular weight excluding hydrogens is 286 g/mol. The van der Waals surface area contributed by atoms with Crippen LogP contribution < -0.4 is 5.73 Å². The molecule has 5 heteroatoms. The number of hydrogen-bond donors (Lipinski definition) is 1. The van der Waals surface area contributed by atoms with Crippen LogP contribution in [0, 0.1) is 5.92 Å². The monoisotopic (exact) mass is 309 g/mol. The van der Waals surface area contributed by atoms with Crippen LogP contribution in [0.25, 0.3) is 0 Å². The van der Waals surface area contributed by atoms with Gasteiger partial charge in [0.1, 0.15) is 0 Å². The second kappa shape index (κ2) is 7.78. The molecule has 1 fully saturated rings. The highest BCUT2D eigenvalue weighted by Gasteiger charge is 2.21. The van der Waals surface area contributed by atoms with E-state index in [-0.39, 0.29) is 5.91 Å². The van der Waals surface area contributed by atoms with Gasteiger partial charge >= 0.3 is 0 Å². The molecule has 1 aromatic carbocycles. The lowest BCUT2D eigenvalue weighted by Crippen LogP contribution is -2.44. The van der Waals surface area contributed by atoms with Crippen LogP contribution in [0.1, 0.15) is 18.4 Å². The molecule has 0 radical (unpaired) electrons. The van der Waals surface area contributed by atoms with E-state index in [0.717, 1.165) is 25.1 Å². The summed E-state index contributed by atoms with van der Waals surface area (Å²) in [5.41, 5.74) is 6.79. The Morgan fingerprint density at radius 1 is 1.52 bits per heavy atom. The summed E-state index contributed by atoms with van der Waals surface area (Å²) >= 11 is 5.97. The van der Waals surface area contributed by atoms with Crippen molar-refractivity contribution in [3.63, 3.8) is 0 Å². The second-order valence-electron chi connectivity index (χ2n) is 5.86. The van der Waals surface area contributed by atoms with Crippen molar-refractivity contribution in [2.75, 3.05) is 33.2 Å². The number of halogens is 1. The molecule has 1 amide bonds. The lowest BCUT2D eigenvalue weighted by atomic mass is 9.98. The van der Waals surface area contributed by atoms with Crippen LogP contribution in [0.2, 0.25) is 5.02 Å². The van der Waals surface area contributed by atoms with Crippen molar-refractivity contribution >= 4 is 17.5 Å². The highest BCUT2D eigenvalue weighted by atomic mass is 35.5. The van der Waals surface area contributed by atoms with E-state index < -0.39 is 0 Å². The average molecular weight is 310 g/mol. The molecule has 1 unspecified atom stereocenters. The fourth-order valence-corrected chi connectivity index (χ4v) is 3.01. The number of piperidine rings is 1. The molecule has 116 valence electrons. The summed E-state index contributed by atoms with van der Waals surface area (Å²) in [6.07, 6.45) is 2.31. The molecular formula is C16H24ClN3O. The molecule has 0 aromatic heterocycles. The zero-order valence-corrected chi connectivity index (χ0v) is 13.4. The van der Waals surface area contributed by atoms with Gasteiger partial charge in [-0.1, -0.05) is 23.7 Å². The van der Waals surface area contributed by atoms with Crippen molar-refractivity contribution in [1.29, 1.82) is 0 Å². The zero-order chi connectivity index (χ0) is 15.2. The minimum absolute atomic E-state index is 0.146.